The minimum absolute atomic E-state index is 0.0332. The molecule has 0 radical (unpaired) electrons. The molecule has 2 aromatic heterocycles. The number of pyridine rings is 1. The summed E-state index contributed by atoms with van der Waals surface area (Å²) < 4.78 is 19.7. The number of rotatable bonds is 5. The van der Waals surface area contributed by atoms with E-state index in [0.717, 1.165) is 6.42 Å². The summed E-state index contributed by atoms with van der Waals surface area (Å²) in [5, 5.41) is 3.46. The Balaban J connectivity index is 1.70. The van der Waals surface area contributed by atoms with Gasteiger partial charge in [0, 0.05) is 36.5 Å². The summed E-state index contributed by atoms with van der Waals surface area (Å²) in [5.41, 5.74) is 6.93. The van der Waals surface area contributed by atoms with Crippen molar-refractivity contribution in [3.05, 3.63) is 59.3 Å². The van der Waals surface area contributed by atoms with Gasteiger partial charge in [-0.05, 0) is 30.7 Å². The molecule has 0 aliphatic carbocycles. The second-order valence-electron chi connectivity index (χ2n) is 7.08. The van der Waals surface area contributed by atoms with Crippen LogP contribution in [0.5, 0.6) is 5.75 Å². The number of halogens is 2. The zero-order valence-corrected chi connectivity index (χ0v) is 17.4. The topological polar surface area (TPSA) is 106 Å². The number of nitrogens with two attached hydrogens (primary N) is 1. The van der Waals surface area contributed by atoms with Crippen LogP contribution in [0.1, 0.15) is 16.8 Å². The van der Waals surface area contributed by atoms with Crippen LogP contribution in [0, 0.1) is 5.82 Å². The van der Waals surface area contributed by atoms with Crippen LogP contribution in [0.2, 0.25) is 5.02 Å². The van der Waals surface area contributed by atoms with Gasteiger partial charge in [-0.25, -0.2) is 14.4 Å². The number of hydrogen-bond donors (Lipinski definition) is 2. The third-order valence-corrected chi connectivity index (χ3v) is 5.20. The van der Waals surface area contributed by atoms with Gasteiger partial charge in [0.2, 0.25) is 0 Å². The number of nitrogens with one attached hydrogen (secondary N) is 1. The van der Waals surface area contributed by atoms with E-state index in [9.17, 15) is 9.18 Å². The van der Waals surface area contributed by atoms with Gasteiger partial charge in [0.25, 0.3) is 5.91 Å². The van der Waals surface area contributed by atoms with Crippen LogP contribution in [0.3, 0.4) is 0 Å². The van der Waals surface area contributed by atoms with E-state index in [1.807, 2.05) is 0 Å². The van der Waals surface area contributed by atoms with E-state index in [-0.39, 0.29) is 29.2 Å². The van der Waals surface area contributed by atoms with Crippen molar-refractivity contribution in [3.63, 3.8) is 0 Å². The standard InChI is InChI=1S/C21H20ClFN6O2/c1-31-18-10-26-19(14-8-12(22)2-3-16(14)23)28-20(18)27-17-4-6-25-9-15(17)21(30)29-7-5-13(24)11-29/h2-4,6,8-10,13H,5,7,11,24H2,1H3,(H,25,26,27,28)/t13-/m0/s1. The number of nitrogens with zero attached hydrogens (tertiary/aromatic N) is 4. The maximum Gasteiger partial charge on any atom is 0.257 e. The normalized spacial score (nSPS) is 15.7. The Bertz CT molecular complexity index is 1130. The zero-order chi connectivity index (χ0) is 22.0. The number of benzene rings is 1. The highest BCUT2D eigenvalue weighted by molar-refractivity contribution is 6.30. The highest BCUT2D eigenvalue weighted by Crippen LogP contribution is 2.31. The Morgan fingerprint density at radius 2 is 2.19 bits per heavy atom. The highest BCUT2D eigenvalue weighted by atomic mass is 35.5. The zero-order valence-electron chi connectivity index (χ0n) is 16.7. The van der Waals surface area contributed by atoms with Gasteiger partial charge in [0.15, 0.2) is 17.4 Å². The average molecular weight is 443 g/mol. The molecule has 3 N–H and O–H groups in total. The molecule has 1 aromatic carbocycles. The second kappa shape index (κ2) is 8.83. The van der Waals surface area contributed by atoms with Crippen LogP contribution in [-0.4, -0.2) is 52.0 Å². The molecule has 3 aromatic rings. The van der Waals surface area contributed by atoms with Gasteiger partial charge in [-0.2, -0.15) is 0 Å². The summed E-state index contributed by atoms with van der Waals surface area (Å²) in [6.07, 6.45) is 5.22. The molecule has 1 saturated heterocycles. The van der Waals surface area contributed by atoms with E-state index in [0.29, 0.717) is 35.1 Å². The molecule has 1 fully saturated rings. The first-order chi connectivity index (χ1) is 15.0. The largest absolute Gasteiger partial charge is 0.491 e. The number of carbonyl (C=O) groups excluding carboxylic acids is 1. The Kier molecular flexibility index (Phi) is 5.97. The number of aromatic nitrogens is 3. The van der Waals surface area contributed by atoms with Gasteiger partial charge in [0.1, 0.15) is 5.82 Å². The van der Waals surface area contributed by atoms with Gasteiger partial charge < -0.3 is 20.7 Å². The van der Waals surface area contributed by atoms with Crippen molar-refractivity contribution < 1.29 is 13.9 Å². The molecule has 1 aliphatic rings. The molecular weight excluding hydrogens is 423 g/mol. The van der Waals surface area contributed by atoms with Crippen molar-refractivity contribution in [2.75, 3.05) is 25.5 Å². The maximum atomic E-state index is 14.3. The molecule has 10 heteroatoms. The van der Waals surface area contributed by atoms with Crippen LogP contribution < -0.4 is 15.8 Å². The summed E-state index contributed by atoms with van der Waals surface area (Å²) in [6, 6.07) is 5.76. The molecule has 0 saturated carbocycles. The van der Waals surface area contributed by atoms with Gasteiger partial charge in [0.05, 0.1) is 30.1 Å². The quantitative estimate of drug-likeness (QED) is 0.624. The summed E-state index contributed by atoms with van der Waals surface area (Å²) in [5.74, 6) is 0.0222. The Morgan fingerprint density at radius 1 is 1.35 bits per heavy atom. The van der Waals surface area contributed by atoms with Crippen LogP contribution in [0.25, 0.3) is 11.4 Å². The third kappa shape index (κ3) is 4.42. The molecule has 0 bridgehead atoms. The summed E-state index contributed by atoms with van der Waals surface area (Å²) in [7, 11) is 1.47. The number of likely N-dealkylation sites (tertiary alicyclic amines) is 1. The Morgan fingerprint density at radius 3 is 2.94 bits per heavy atom. The molecule has 4 rings (SSSR count). The molecular formula is C21H20ClFN6O2. The molecule has 0 unspecified atom stereocenters. The predicted molar refractivity (Wildman–Crippen MR) is 115 cm³/mol. The maximum absolute atomic E-state index is 14.3. The third-order valence-electron chi connectivity index (χ3n) is 4.96. The number of hydrogen-bond acceptors (Lipinski definition) is 7. The van der Waals surface area contributed by atoms with Crippen molar-refractivity contribution in [1.29, 1.82) is 0 Å². The lowest BCUT2D eigenvalue weighted by Gasteiger charge is -2.19. The highest BCUT2D eigenvalue weighted by Gasteiger charge is 2.26. The number of carbonyl (C=O) groups is 1. The van der Waals surface area contributed by atoms with Crippen LogP contribution >= 0.6 is 11.6 Å². The SMILES string of the molecule is COc1cnc(-c2cc(Cl)ccc2F)nc1Nc1ccncc1C(=O)N1CC[C@H](N)C1. The lowest BCUT2D eigenvalue weighted by molar-refractivity contribution is 0.0791. The first-order valence-corrected chi connectivity index (χ1v) is 9.96. The molecule has 1 amide bonds. The first-order valence-electron chi connectivity index (χ1n) is 9.58. The number of ether oxygens (including phenoxy) is 1. The lowest BCUT2D eigenvalue weighted by Crippen LogP contribution is -2.32. The van der Waals surface area contributed by atoms with E-state index in [4.69, 9.17) is 22.1 Å². The van der Waals surface area contributed by atoms with Crippen molar-refractivity contribution in [2.24, 2.45) is 5.73 Å². The second-order valence-corrected chi connectivity index (χ2v) is 7.52. The Hall–Kier alpha value is -3.30. The molecule has 0 spiro atoms. The molecule has 1 atom stereocenters. The fourth-order valence-electron chi connectivity index (χ4n) is 3.35. The van der Waals surface area contributed by atoms with Gasteiger partial charge >= 0.3 is 0 Å². The van der Waals surface area contributed by atoms with E-state index >= 15 is 0 Å². The molecule has 3 heterocycles. The van der Waals surface area contributed by atoms with Crippen LogP contribution in [-0.2, 0) is 0 Å². The van der Waals surface area contributed by atoms with E-state index in [1.165, 1.54) is 37.7 Å². The fourth-order valence-corrected chi connectivity index (χ4v) is 3.52. The minimum Gasteiger partial charge on any atom is -0.491 e. The van der Waals surface area contributed by atoms with E-state index in [1.54, 1.807) is 17.2 Å². The van der Waals surface area contributed by atoms with E-state index in [2.05, 4.69) is 20.3 Å². The van der Waals surface area contributed by atoms with Crippen molar-refractivity contribution in [2.45, 2.75) is 12.5 Å². The molecule has 160 valence electrons. The van der Waals surface area contributed by atoms with Gasteiger partial charge in [-0.3, -0.25) is 9.78 Å². The number of anilines is 2. The summed E-state index contributed by atoms with van der Waals surface area (Å²) >= 11 is 6.00. The first kappa shape index (κ1) is 21.0. The minimum atomic E-state index is -0.509. The number of amides is 1. The van der Waals surface area contributed by atoms with E-state index < -0.39 is 5.82 Å². The smallest absolute Gasteiger partial charge is 0.257 e. The molecule has 1 aliphatic heterocycles. The van der Waals surface area contributed by atoms with Gasteiger partial charge in [-0.15, -0.1) is 0 Å². The summed E-state index contributed by atoms with van der Waals surface area (Å²) in [4.78, 5) is 27.3. The monoisotopic (exact) mass is 442 g/mol. The Labute approximate surface area is 183 Å². The molecule has 31 heavy (non-hydrogen) atoms. The van der Waals surface area contributed by atoms with Crippen LogP contribution in [0.15, 0.2) is 42.9 Å². The fraction of sp³-hybridized carbons (Fsp3) is 0.238. The predicted octanol–water partition coefficient (Wildman–Crippen LogP) is 3.26. The molecule has 8 nitrogen and oxygen atoms in total. The number of methoxy groups -OCH3 is 1. The van der Waals surface area contributed by atoms with Crippen LogP contribution in [0.4, 0.5) is 15.9 Å². The van der Waals surface area contributed by atoms with Crippen molar-refractivity contribution in [1.82, 2.24) is 19.9 Å². The lowest BCUT2D eigenvalue weighted by atomic mass is 10.2. The summed E-state index contributed by atoms with van der Waals surface area (Å²) in [6.45, 7) is 1.07. The van der Waals surface area contributed by atoms with Gasteiger partial charge in [-0.1, -0.05) is 11.6 Å². The average Bonchev–Trinajstić information content (AvgIpc) is 3.21. The van der Waals surface area contributed by atoms with Crippen molar-refractivity contribution >= 4 is 29.0 Å². The van der Waals surface area contributed by atoms with Crippen molar-refractivity contribution in [3.8, 4) is 17.1 Å².